The molecule has 0 N–H and O–H groups in total. The predicted octanol–water partition coefficient (Wildman–Crippen LogP) is 13.4. The first-order valence-corrected chi connectivity index (χ1v) is 21.0. The third-order valence-corrected chi connectivity index (χ3v) is 9.58. The number of ether oxygens (including phenoxy) is 3. The summed E-state index contributed by atoms with van der Waals surface area (Å²) in [6.07, 6.45) is 15.0. The molecule has 1 aliphatic carbocycles. The van der Waals surface area contributed by atoms with Gasteiger partial charge in [-0.25, -0.2) is 23.1 Å². The third kappa shape index (κ3) is 26.0. The highest BCUT2D eigenvalue weighted by atomic mass is 19.1. The van der Waals surface area contributed by atoms with Crippen molar-refractivity contribution in [3.05, 3.63) is 135 Å². The third-order valence-electron chi connectivity index (χ3n) is 9.58. The molecule has 59 heavy (non-hydrogen) atoms. The van der Waals surface area contributed by atoms with Crippen molar-refractivity contribution >= 4 is 0 Å². The molecule has 2 aromatic heterocycles. The topological polar surface area (TPSA) is 66.4 Å². The number of rotatable bonds is 0. The number of aromatic nitrogens is 3. The van der Waals surface area contributed by atoms with Crippen LogP contribution in [0.5, 0.6) is 0 Å². The van der Waals surface area contributed by atoms with Crippen LogP contribution in [0.15, 0.2) is 72.7 Å². The highest BCUT2D eigenvalue weighted by molar-refractivity contribution is 5.24. The molecule has 0 amide bonds. The lowest BCUT2D eigenvalue weighted by atomic mass is 9.92. The lowest BCUT2D eigenvalue weighted by molar-refractivity contribution is -0.187. The van der Waals surface area contributed by atoms with Crippen molar-refractivity contribution in [3.63, 3.8) is 0 Å². The number of benzene rings is 2. The van der Waals surface area contributed by atoms with Gasteiger partial charge in [0.2, 0.25) is 0 Å². The Kier molecular flexibility index (Phi) is 26.4. The first-order valence-electron chi connectivity index (χ1n) is 21.0. The fraction of sp³-hybridized carbons (Fsp3) is 0.540. The van der Waals surface area contributed by atoms with Crippen molar-refractivity contribution in [1.29, 1.82) is 0 Å². The highest BCUT2D eigenvalue weighted by Crippen LogP contribution is 2.22. The molecule has 6 nitrogen and oxygen atoms in total. The fourth-order valence-electron chi connectivity index (χ4n) is 5.28. The number of nitrogens with zero attached hydrogens (tertiary/aromatic N) is 3. The van der Waals surface area contributed by atoms with Gasteiger partial charge in [0.25, 0.3) is 0 Å². The maximum Gasteiger partial charge on any atom is 0.154 e. The molecule has 9 heteroatoms. The number of pyridine rings is 1. The largest absolute Gasteiger partial charge is 0.378 e. The molecule has 0 spiro atoms. The van der Waals surface area contributed by atoms with E-state index in [-0.39, 0.29) is 17.7 Å². The zero-order chi connectivity index (χ0) is 44.5. The molecular weight excluding hydrogens is 748 g/mol. The van der Waals surface area contributed by atoms with E-state index in [1.165, 1.54) is 62.8 Å². The minimum Gasteiger partial charge on any atom is -0.378 e. The molecule has 3 aliphatic rings. The normalized spacial score (nSPS) is 20.5. The molecule has 0 saturated carbocycles. The number of halogens is 3. The Labute approximate surface area is 355 Å². The predicted molar refractivity (Wildman–Crippen MR) is 238 cm³/mol. The number of aryl methyl sites for hydroxylation is 7. The Morgan fingerprint density at radius 1 is 0.525 bits per heavy atom. The van der Waals surface area contributed by atoms with E-state index in [1.807, 2.05) is 72.3 Å². The second-order valence-electron chi connectivity index (χ2n) is 16.5. The number of hydrogen-bond acceptors (Lipinski definition) is 6. The van der Waals surface area contributed by atoms with Crippen LogP contribution in [0.3, 0.4) is 0 Å². The summed E-state index contributed by atoms with van der Waals surface area (Å²) in [7, 11) is 0. The maximum atomic E-state index is 12.6. The monoisotopic (exact) mass is 822 g/mol. The van der Waals surface area contributed by atoms with Gasteiger partial charge in [0.05, 0.1) is 19.3 Å². The zero-order valence-corrected chi connectivity index (χ0v) is 38.6. The second kappa shape index (κ2) is 29.3. The van der Waals surface area contributed by atoms with Crippen molar-refractivity contribution in [3.8, 4) is 0 Å². The molecule has 2 fully saturated rings. The Hall–Kier alpha value is -3.92. The number of hydrogen-bond donors (Lipinski definition) is 0. The van der Waals surface area contributed by atoms with Crippen molar-refractivity contribution in [2.45, 2.75) is 141 Å². The average Bonchev–Trinajstić information content (AvgIpc) is 3.19. The SMILES string of the molecule is CC1=CCC(C)CC1.CC1CCC(C)OC1.CC1COC(C)OC1.Cc1cc(F)c(C)c(F)c1.Cc1ccc(C)c(F)c1.Cc1ccc(C)nc1.Cc1cnc(C)nc1. The van der Waals surface area contributed by atoms with E-state index >= 15 is 0 Å². The molecule has 3 unspecified atom stereocenters. The van der Waals surface area contributed by atoms with Gasteiger partial charge in [-0.05, 0) is 172 Å². The highest BCUT2D eigenvalue weighted by Gasteiger charge is 2.14. The van der Waals surface area contributed by atoms with Crippen LogP contribution in [-0.4, -0.2) is 47.2 Å². The first kappa shape index (κ1) is 53.1. The van der Waals surface area contributed by atoms with Gasteiger partial charge in [0.15, 0.2) is 6.29 Å². The molecule has 3 atom stereocenters. The van der Waals surface area contributed by atoms with Gasteiger partial charge in [-0.3, -0.25) is 4.98 Å². The van der Waals surface area contributed by atoms with E-state index in [1.54, 1.807) is 25.5 Å². The van der Waals surface area contributed by atoms with E-state index in [0.29, 0.717) is 23.1 Å². The molecule has 2 aromatic carbocycles. The standard InChI is InChI=1S/C8H8F2.C8H9F.C8H14.C7H9N.C7H14O.C6H8N2.C6H12O2/c1-5-3-7(9)6(2)8(10)4-5;1-6-3-4-7(2)8(9)5-6;1-7-3-5-8(2)6-4-7;2*1-6-3-4-7(2)8-5-6;2*1-5-3-7-6(2)8-4-5/h3-4H,1-2H3;3-5H,1-2H3;3,8H,4-6H2,1-2H3;3-5H,1-2H3;6-7H,3-5H2,1-2H3;3-4H,1-2H3;5-6H,3-4H2,1-2H3. The molecular formula is C50H74F3N3O3. The molecule has 2 aliphatic heterocycles. The van der Waals surface area contributed by atoms with Gasteiger partial charge in [-0.1, -0.05) is 50.6 Å². The Balaban J connectivity index is 0.000000345. The Bertz CT molecular complexity index is 1600. The van der Waals surface area contributed by atoms with Gasteiger partial charge >= 0.3 is 0 Å². The molecule has 4 aromatic rings. The minimum absolute atomic E-state index is 0.0196. The Morgan fingerprint density at radius 2 is 1.07 bits per heavy atom. The fourth-order valence-corrected chi connectivity index (χ4v) is 5.28. The maximum absolute atomic E-state index is 12.6. The quantitative estimate of drug-likeness (QED) is 0.165. The lowest BCUT2D eigenvalue weighted by Crippen LogP contribution is -2.27. The van der Waals surface area contributed by atoms with Crippen LogP contribution in [0.2, 0.25) is 0 Å². The van der Waals surface area contributed by atoms with E-state index in [0.717, 1.165) is 54.3 Å². The van der Waals surface area contributed by atoms with Crippen molar-refractivity contribution in [2.75, 3.05) is 19.8 Å². The van der Waals surface area contributed by atoms with Crippen LogP contribution in [0.4, 0.5) is 13.2 Å². The van der Waals surface area contributed by atoms with Gasteiger partial charge in [-0.2, -0.15) is 0 Å². The van der Waals surface area contributed by atoms with Crippen molar-refractivity contribution < 1.29 is 27.4 Å². The van der Waals surface area contributed by atoms with E-state index in [2.05, 4.69) is 61.7 Å². The average molecular weight is 822 g/mol. The smallest absolute Gasteiger partial charge is 0.154 e. The summed E-state index contributed by atoms with van der Waals surface area (Å²) < 4.78 is 53.5. The van der Waals surface area contributed by atoms with E-state index in [4.69, 9.17) is 14.2 Å². The molecule has 4 heterocycles. The Morgan fingerprint density at radius 3 is 1.46 bits per heavy atom. The van der Waals surface area contributed by atoms with Gasteiger partial charge in [0, 0.05) is 42.4 Å². The number of allylic oxidation sites excluding steroid dienone is 2. The molecule has 7 rings (SSSR count). The summed E-state index contributed by atoms with van der Waals surface area (Å²) in [5.74, 6) is 2.08. The van der Waals surface area contributed by atoms with Crippen LogP contribution in [-0.2, 0) is 14.2 Å². The van der Waals surface area contributed by atoms with Crippen molar-refractivity contribution in [2.24, 2.45) is 17.8 Å². The second-order valence-corrected chi connectivity index (χ2v) is 16.5. The van der Waals surface area contributed by atoms with Gasteiger partial charge < -0.3 is 14.2 Å². The summed E-state index contributed by atoms with van der Waals surface area (Å²) in [6, 6.07) is 11.9. The van der Waals surface area contributed by atoms with Crippen LogP contribution in [0.1, 0.15) is 119 Å². The van der Waals surface area contributed by atoms with Crippen LogP contribution in [0.25, 0.3) is 0 Å². The van der Waals surface area contributed by atoms with Crippen molar-refractivity contribution in [1.82, 2.24) is 15.0 Å². The van der Waals surface area contributed by atoms with E-state index in [9.17, 15) is 13.2 Å². The minimum atomic E-state index is -0.475. The summed E-state index contributed by atoms with van der Waals surface area (Å²) in [5.41, 5.74) is 7.37. The van der Waals surface area contributed by atoms with Crippen LogP contribution in [0, 0.1) is 90.6 Å². The van der Waals surface area contributed by atoms with E-state index < -0.39 is 11.6 Å². The van der Waals surface area contributed by atoms with Gasteiger partial charge in [0.1, 0.15) is 23.3 Å². The lowest BCUT2D eigenvalue weighted by Gasteiger charge is -2.24. The van der Waals surface area contributed by atoms with Crippen LogP contribution >= 0.6 is 0 Å². The summed E-state index contributed by atoms with van der Waals surface area (Å²) in [6.45, 7) is 30.2. The molecule has 0 bridgehead atoms. The first-order chi connectivity index (χ1) is 27.7. The summed E-state index contributed by atoms with van der Waals surface area (Å²) in [4.78, 5) is 12.0. The zero-order valence-electron chi connectivity index (χ0n) is 38.6. The molecule has 328 valence electrons. The summed E-state index contributed by atoms with van der Waals surface area (Å²) in [5, 5.41) is 0. The van der Waals surface area contributed by atoms with Crippen LogP contribution < -0.4 is 0 Å². The molecule has 0 radical (unpaired) electrons. The molecule has 2 saturated heterocycles. The van der Waals surface area contributed by atoms with Gasteiger partial charge in [-0.15, -0.1) is 0 Å². The summed E-state index contributed by atoms with van der Waals surface area (Å²) >= 11 is 0.